The second-order valence-electron chi connectivity index (χ2n) is 7.15. The third-order valence-corrected chi connectivity index (χ3v) is 4.96. The number of esters is 1. The molecular weight excluding hydrogens is 396 g/mol. The van der Waals surface area contributed by atoms with E-state index in [-0.39, 0.29) is 29.6 Å². The summed E-state index contributed by atoms with van der Waals surface area (Å²) < 4.78 is 10.3. The fourth-order valence-electron chi connectivity index (χ4n) is 3.11. The highest BCUT2D eigenvalue weighted by molar-refractivity contribution is 6.16. The van der Waals surface area contributed by atoms with E-state index in [1.807, 2.05) is 31.2 Å². The lowest BCUT2D eigenvalue weighted by Crippen LogP contribution is -2.20. The molecule has 7 nitrogen and oxygen atoms in total. The summed E-state index contributed by atoms with van der Waals surface area (Å²) in [5.74, 6) is -0.582. The molecule has 160 valence electrons. The molecule has 31 heavy (non-hydrogen) atoms. The Morgan fingerprint density at radius 1 is 1.03 bits per heavy atom. The first-order chi connectivity index (χ1) is 14.8. The predicted molar refractivity (Wildman–Crippen MR) is 117 cm³/mol. The summed E-state index contributed by atoms with van der Waals surface area (Å²) in [4.78, 5) is 38.1. The number of amides is 2. The van der Waals surface area contributed by atoms with Gasteiger partial charge in [-0.3, -0.25) is 9.59 Å². The van der Waals surface area contributed by atoms with Crippen molar-refractivity contribution in [3.05, 3.63) is 76.5 Å². The molecule has 1 aliphatic rings. The van der Waals surface area contributed by atoms with Crippen LogP contribution in [0.25, 0.3) is 6.08 Å². The maximum Gasteiger partial charge on any atom is 0.340 e. The second-order valence-corrected chi connectivity index (χ2v) is 7.15. The Kier molecular flexibility index (Phi) is 6.55. The van der Waals surface area contributed by atoms with Crippen LogP contribution in [0.15, 0.2) is 65.4 Å². The maximum atomic E-state index is 12.5. The number of rotatable bonds is 6. The van der Waals surface area contributed by atoms with Crippen molar-refractivity contribution < 1.29 is 23.9 Å². The summed E-state index contributed by atoms with van der Waals surface area (Å²) in [7, 11) is 2.89. The van der Waals surface area contributed by atoms with Gasteiger partial charge < -0.3 is 19.7 Å². The molecular formula is C24H24N2O5. The first-order valence-electron chi connectivity index (χ1n) is 9.69. The van der Waals surface area contributed by atoms with E-state index in [0.717, 1.165) is 5.56 Å². The molecule has 1 N–H and O–H groups in total. The molecule has 0 unspecified atom stereocenters. The van der Waals surface area contributed by atoms with E-state index in [0.29, 0.717) is 22.7 Å². The standard InChI is InChI=1S/C24H24N2O5/c1-15-5-9-18(10-6-15)25-21(27)14-31-19-11-7-17(8-12-19)13-20-22(24(29)30-4)16(2)26(3)23(20)28/h5-13H,14H2,1-4H3,(H,25,27). The number of hydrogen-bond acceptors (Lipinski definition) is 5. The number of likely N-dealkylation sites (N-methyl/N-ethyl adjacent to an activating group) is 1. The summed E-state index contributed by atoms with van der Waals surface area (Å²) in [5, 5.41) is 2.77. The number of carbonyl (C=O) groups is 3. The Bertz CT molecular complexity index is 1070. The van der Waals surface area contributed by atoms with Gasteiger partial charge in [-0.2, -0.15) is 0 Å². The third-order valence-electron chi connectivity index (χ3n) is 4.96. The van der Waals surface area contributed by atoms with Gasteiger partial charge in [0.25, 0.3) is 11.8 Å². The van der Waals surface area contributed by atoms with Crippen molar-refractivity contribution in [1.82, 2.24) is 4.90 Å². The minimum atomic E-state index is -0.555. The Labute approximate surface area is 181 Å². The highest BCUT2D eigenvalue weighted by Gasteiger charge is 2.34. The number of nitrogens with zero attached hydrogens (tertiary/aromatic N) is 1. The summed E-state index contributed by atoms with van der Waals surface area (Å²) >= 11 is 0. The molecule has 1 heterocycles. The molecule has 0 aromatic heterocycles. The van der Waals surface area contributed by atoms with Crippen molar-refractivity contribution in [2.75, 3.05) is 26.1 Å². The van der Waals surface area contributed by atoms with Crippen LogP contribution in [0.2, 0.25) is 0 Å². The van der Waals surface area contributed by atoms with Crippen LogP contribution >= 0.6 is 0 Å². The number of benzene rings is 2. The molecule has 2 aromatic rings. The first kappa shape index (κ1) is 21.8. The quantitative estimate of drug-likeness (QED) is 0.573. The van der Waals surface area contributed by atoms with Crippen molar-refractivity contribution in [3.8, 4) is 5.75 Å². The number of nitrogens with one attached hydrogen (secondary N) is 1. The van der Waals surface area contributed by atoms with Gasteiger partial charge in [0.1, 0.15) is 5.75 Å². The predicted octanol–water partition coefficient (Wildman–Crippen LogP) is 3.31. The highest BCUT2D eigenvalue weighted by atomic mass is 16.5. The SMILES string of the molecule is COC(=O)C1=C(C)N(C)C(=O)C1=Cc1ccc(OCC(=O)Nc2ccc(C)cc2)cc1. The van der Waals surface area contributed by atoms with Crippen molar-refractivity contribution in [1.29, 1.82) is 0 Å². The number of ether oxygens (including phenoxy) is 2. The largest absolute Gasteiger partial charge is 0.484 e. The Morgan fingerprint density at radius 2 is 1.68 bits per heavy atom. The van der Waals surface area contributed by atoms with Crippen molar-refractivity contribution in [2.24, 2.45) is 0 Å². The van der Waals surface area contributed by atoms with Gasteiger partial charge in [0.15, 0.2) is 6.61 Å². The van der Waals surface area contributed by atoms with Crippen molar-refractivity contribution >= 4 is 29.5 Å². The van der Waals surface area contributed by atoms with Crippen LogP contribution in [0.1, 0.15) is 18.1 Å². The molecule has 3 rings (SSSR count). The van der Waals surface area contributed by atoms with Crippen LogP contribution in [-0.2, 0) is 19.1 Å². The van der Waals surface area contributed by atoms with E-state index >= 15 is 0 Å². The van der Waals surface area contributed by atoms with E-state index in [1.54, 1.807) is 44.3 Å². The molecule has 2 amide bonds. The molecule has 0 fully saturated rings. The number of hydrogen-bond donors (Lipinski definition) is 1. The van der Waals surface area contributed by atoms with Crippen molar-refractivity contribution in [2.45, 2.75) is 13.8 Å². The molecule has 0 bridgehead atoms. The molecule has 0 aliphatic carbocycles. The smallest absolute Gasteiger partial charge is 0.340 e. The molecule has 0 atom stereocenters. The van der Waals surface area contributed by atoms with Crippen LogP contribution in [-0.4, -0.2) is 43.4 Å². The summed E-state index contributed by atoms with van der Waals surface area (Å²) in [6.07, 6.45) is 1.63. The van der Waals surface area contributed by atoms with Gasteiger partial charge in [-0.15, -0.1) is 0 Å². The number of aryl methyl sites for hydroxylation is 1. The average molecular weight is 420 g/mol. The molecule has 0 spiro atoms. The molecule has 7 heteroatoms. The lowest BCUT2D eigenvalue weighted by atomic mass is 10.0. The van der Waals surface area contributed by atoms with Gasteiger partial charge in [0, 0.05) is 18.4 Å². The average Bonchev–Trinajstić information content (AvgIpc) is 2.98. The third kappa shape index (κ3) is 5.01. The van der Waals surface area contributed by atoms with Crippen LogP contribution < -0.4 is 10.1 Å². The fourth-order valence-corrected chi connectivity index (χ4v) is 3.11. The Balaban J connectivity index is 1.66. The maximum absolute atomic E-state index is 12.5. The van der Waals surface area contributed by atoms with Crippen LogP contribution in [0.3, 0.4) is 0 Å². The van der Waals surface area contributed by atoms with Gasteiger partial charge in [-0.1, -0.05) is 29.8 Å². The monoisotopic (exact) mass is 420 g/mol. The zero-order chi connectivity index (χ0) is 22.5. The summed E-state index contributed by atoms with van der Waals surface area (Å²) in [5.41, 5.74) is 3.60. The number of methoxy groups -OCH3 is 1. The van der Waals surface area contributed by atoms with E-state index < -0.39 is 5.97 Å². The topological polar surface area (TPSA) is 84.9 Å². The van der Waals surface area contributed by atoms with Crippen molar-refractivity contribution in [3.63, 3.8) is 0 Å². The highest BCUT2D eigenvalue weighted by Crippen LogP contribution is 2.30. The summed E-state index contributed by atoms with van der Waals surface area (Å²) in [6.45, 7) is 3.54. The summed E-state index contributed by atoms with van der Waals surface area (Å²) in [6, 6.07) is 14.4. The van der Waals surface area contributed by atoms with Crippen LogP contribution in [0, 0.1) is 6.92 Å². The van der Waals surface area contributed by atoms with E-state index in [2.05, 4.69) is 5.32 Å². The van der Waals surface area contributed by atoms with E-state index in [9.17, 15) is 14.4 Å². The molecule has 2 aromatic carbocycles. The molecule has 1 aliphatic heterocycles. The fraction of sp³-hybridized carbons (Fsp3) is 0.208. The molecule has 0 saturated carbocycles. The van der Waals surface area contributed by atoms with Crippen LogP contribution in [0.4, 0.5) is 5.69 Å². The molecule has 0 saturated heterocycles. The zero-order valence-electron chi connectivity index (χ0n) is 17.9. The normalized spacial score (nSPS) is 14.8. The van der Waals surface area contributed by atoms with Gasteiger partial charge in [0.2, 0.25) is 0 Å². The Hall–Kier alpha value is -3.87. The van der Waals surface area contributed by atoms with E-state index in [4.69, 9.17) is 9.47 Å². The first-order valence-corrected chi connectivity index (χ1v) is 9.69. The van der Waals surface area contributed by atoms with Crippen LogP contribution in [0.5, 0.6) is 5.75 Å². The second kappa shape index (κ2) is 9.30. The lowest BCUT2D eigenvalue weighted by Gasteiger charge is -2.09. The number of anilines is 1. The minimum Gasteiger partial charge on any atom is -0.484 e. The van der Waals surface area contributed by atoms with Gasteiger partial charge >= 0.3 is 5.97 Å². The van der Waals surface area contributed by atoms with Gasteiger partial charge in [-0.25, -0.2) is 4.79 Å². The van der Waals surface area contributed by atoms with E-state index in [1.165, 1.54) is 12.0 Å². The minimum absolute atomic E-state index is 0.133. The Morgan fingerprint density at radius 3 is 2.29 bits per heavy atom. The van der Waals surface area contributed by atoms with Gasteiger partial charge in [0.05, 0.1) is 18.3 Å². The zero-order valence-corrected chi connectivity index (χ0v) is 17.9. The number of carbonyl (C=O) groups excluding carboxylic acids is 3. The number of allylic oxidation sites excluding steroid dienone is 1. The molecule has 0 radical (unpaired) electrons. The van der Waals surface area contributed by atoms with Gasteiger partial charge in [-0.05, 0) is 49.8 Å². The lowest BCUT2D eigenvalue weighted by molar-refractivity contribution is -0.136.